The maximum atomic E-state index is 6.12. The molecule has 1 heteroatoms. The first-order chi connectivity index (χ1) is 6.24. The van der Waals surface area contributed by atoms with Crippen LogP contribution in [0.1, 0.15) is 58.8 Å². The lowest BCUT2D eigenvalue weighted by molar-refractivity contribution is 0.253. The van der Waals surface area contributed by atoms with Crippen molar-refractivity contribution >= 4 is 0 Å². The summed E-state index contributed by atoms with van der Waals surface area (Å²) in [5, 5.41) is 0. The van der Waals surface area contributed by atoms with Gasteiger partial charge in [-0.05, 0) is 31.1 Å². The van der Waals surface area contributed by atoms with Crippen molar-refractivity contribution in [2.75, 3.05) is 0 Å². The molecule has 1 nitrogen and oxygen atoms in total. The fraction of sp³-hybridized carbons (Fsp3) is 1.00. The molecule has 78 valence electrons. The first-order valence-corrected chi connectivity index (χ1v) is 5.99. The lowest BCUT2D eigenvalue weighted by Crippen LogP contribution is -2.33. The molecule has 0 spiro atoms. The van der Waals surface area contributed by atoms with Gasteiger partial charge in [0.25, 0.3) is 0 Å². The van der Waals surface area contributed by atoms with E-state index in [0.717, 1.165) is 11.8 Å². The molecule has 0 aromatic rings. The second kappa shape index (κ2) is 5.64. The molecule has 0 radical (unpaired) electrons. The molecule has 1 rings (SSSR count). The molecule has 0 aromatic heterocycles. The highest BCUT2D eigenvalue weighted by atomic mass is 14.7. The van der Waals surface area contributed by atoms with Crippen molar-refractivity contribution in [3.05, 3.63) is 0 Å². The average Bonchev–Trinajstić information content (AvgIpc) is 2.09. The molecule has 0 amide bonds. The Balaban J connectivity index is 2.25. The summed E-state index contributed by atoms with van der Waals surface area (Å²) in [5.41, 5.74) is 6.12. The Kier molecular flexibility index (Phi) is 4.79. The largest absolute Gasteiger partial charge is 0.327 e. The highest BCUT2D eigenvalue weighted by Gasteiger charge is 2.22. The second-order valence-electron chi connectivity index (χ2n) is 4.84. The first-order valence-electron chi connectivity index (χ1n) is 5.99. The van der Waals surface area contributed by atoms with E-state index in [-0.39, 0.29) is 0 Å². The van der Waals surface area contributed by atoms with Crippen LogP contribution >= 0.6 is 0 Å². The molecule has 3 atom stereocenters. The Morgan fingerprint density at radius 2 is 2.00 bits per heavy atom. The normalized spacial score (nSPS) is 31.6. The molecule has 3 unspecified atom stereocenters. The number of rotatable bonds is 4. The van der Waals surface area contributed by atoms with Gasteiger partial charge in [-0.3, -0.25) is 0 Å². The summed E-state index contributed by atoms with van der Waals surface area (Å²) in [5.74, 6) is 1.72. The summed E-state index contributed by atoms with van der Waals surface area (Å²) in [7, 11) is 0. The Morgan fingerprint density at radius 3 is 2.62 bits per heavy atom. The summed E-state index contributed by atoms with van der Waals surface area (Å²) in [6.45, 7) is 4.65. The van der Waals surface area contributed by atoms with Crippen LogP contribution < -0.4 is 5.73 Å². The minimum atomic E-state index is 0.507. The first kappa shape index (κ1) is 11.0. The third kappa shape index (κ3) is 3.68. The summed E-state index contributed by atoms with van der Waals surface area (Å²) >= 11 is 0. The Bertz CT molecular complexity index is 133. The van der Waals surface area contributed by atoms with E-state index in [0.29, 0.717) is 6.04 Å². The highest BCUT2D eigenvalue weighted by molar-refractivity contribution is 4.79. The van der Waals surface area contributed by atoms with Crippen LogP contribution in [0.15, 0.2) is 0 Å². The van der Waals surface area contributed by atoms with Crippen molar-refractivity contribution in [2.24, 2.45) is 17.6 Å². The summed E-state index contributed by atoms with van der Waals surface area (Å²) in [6, 6.07) is 0.507. The third-order valence-corrected chi connectivity index (χ3v) is 3.45. The molecule has 2 N–H and O–H groups in total. The van der Waals surface area contributed by atoms with E-state index in [1.807, 2.05) is 0 Å². The van der Waals surface area contributed by atoms with Gasteiger partial charge in [0.2, 0.25) is 0 Å². The van der Waals surface area contributed by atoms with Crippen LogP contribution in [-0.4, -0.2) is 6.04 Å². The summed E-state index contributed by atoms with van der Waals surface area (Å²) in [4.78, 5) is 0. The van der Waals surface area contributed by atoms with Gasteiger partial charge in [0.05, 0.1) is 0 Å². The smallest absolute Gasteiger partial charge is 0.00672 e. The van der Waals surface area contributed by atoms with Crippen LogP contribution in [0.3, 0.4) is 0 Å². The fourth-order valence-corrected chi connectivity index (χ4v) is 2.66. The van der Waals surface area contributed by atoms with Crippen molar-refractivity contribution in [2.45, 2.75) is 64.8 Å². The number of nitrogens with two attached hydrogens (primary N) is 1. The van der Waals surface area contributed by atoms with Gasteiger partial charge in [-0.15, -0.1) is 0 Å². The van der Waals surface area contributed by atoms with Gasteiger partial charge in [0.1, 0.15) is 0 Å². The van der Waals surface area contributed by atoms with Gasteiger partial charge in [0.15, 0.2) is 0 Å². The molecule has 0 aliphatic heterocycles. The molecule has 1 fully saturated rings. The fourth-order valence-electron chi connectivity index (χ4n) is 2.66. The SMILES string of the molecule is CCCC(C)CC1CCCCC1N. The second-order valence-corrected chi connectivity index (χ2v) is 4.84. The third-order valence-electron chi connectivity index (χ3n) is 3.45. The van der Waals surface area contributed by atoms with Crippen LogP contribution in [0, 0.1) is 11.8 Å². The zero-order chi connectivity index (χ0) is 9.68. The van der Waals surface area contributed by atoms with E-state index < -0.39 is 0 Å². The minimum absolute atomic E-state index is 0.507. The summed E-state index contributed by atoms with van der Waals surface area (Å²) in [6.07, 6.45) is 9.50. The monoisotopic (exact) mass is 183 g/mol. The average molecular weight is 183 g/mol. The Hall–Kier alpha value is -0.0400. The standard InChI is InChI=1S/C12H25N/c1-3-6-10(2)9-11-7-4-5-8-12(11)13/h10-12H,3-9,13H2,1-2H3. The topological polar surface area (TPSA) is 26.0 Å². The lowest BCUT2D eigenvalue weighted by atomic mass is 9.79. The van der Waals surface area contributed by atoms with E-state index in [1.165, 1.54) is 44.9 Å². The molecule has 13 heavy (non-hydrogen) atoms. The van der Waals surface area contributed by atoms with Gasteiger partial charge < -0.3 is 5.73 Å². The summed E-state index contributed by atoms with van der Waals surface area (Å²) < 4.78 is 0. The van der Waals surface area contributed by atoms with Crippen LogP contribution in [0.25, 0.3) is 0 Å². The van der Waals surface area contributed by atoms with E-state index >= 15 is 0 Å². The zero-order valence-corrected chi connectivity index (χ0v) is 9.26. The van der Waals surface area contributed by atoms with Crippen molar-refractivity contribution < 1.29 is 0 Å². The van der Waals surface area contributed by atoms with Gasteiger partial charge in [0, 0.05) is 6.04 Å². The number of hydrogen-bond acceptors (Lipinski definition) is 1. The van der Waals surface area contributed by atoms with Crippen LogP contribution in [0.2, 0.25) is 0 Å². The van der Waals surface area contributed by atoms with Crippen molar-refractivity contribution in [1.29, 1.82) is 0 Å². The van der Waals surface area contributed by atoms with Gasteiger partial charge in [-0.25, -0.2) is 0 Å². The van der Waals surface area contributed by atoms with Crippen molar-refractivity contribution in [3.63, 3.8) is 0 Å². The molecule has 1 saturated carbocycles. The maximum Gasteiger partial charge on any atom is 0.00672 e. The molecular formula is C12H25N. The van der Waals surface area contributed by atoms with E-state index in [2.05, 4.69) is 13.8 Å². The van der Waals surface area contributed by atoms with Crippen molar-refractivity contribution in [1.82, 2.24) is 0 Å². The predicted octanol–water partition coefficient (Wildman–Crippen LogP) is 3.33. The predicted molar refractivity (Wildman–Crippen MR) is 58.6 cm³/mol. The van der Waals surface area contributed by atoms with Gasteiger partial charge in [-0.2, -0.15) is 0 Å². The molecule has 0 saturated heterocycles. The molecular weight excluding hydrogens is 158 g/mol. The van der Waals surface area contributed by atoms with Gasteiger partial charge >= 0.3 is 0 Å². The molecule has 0 bridgehead atoms. The van der Waals surface area contributed by atoms with Crippen LogP contribution in [0.5, 0.6) is 0 Å². The molecule has 1 aliphatic carbocycles. The zero-order valence-electron chi connectivity index (χ0n) is 9.26. The molecule has 1 aliphatic rings. The molecule has 0 aromatic carbocycles. The van der Waals surface area contributed by atoms with E-state index in [1.54, 1.807) is 0 Å². The minimum Gasteiger partial charge on any atom is -0.327 e. The molecule has 0 heterocycles. The Morgan fingerprint density at radius 1 is 1.31 bits per heavy atom. The quantitative estimate of drug-likeness (QED) is 0.711. The maximum absolute atomic E-state index is 6.12. The highest BCUT2D eigenvalue weighted by Crippen LogP contribution is 2.29. The lowest BCUT2D eigenvalue weighted by Gasteiger charge is -2.30. The van der Waals surface area contributed by atoms with Crippen LogP contribution in [0.4, 0.5) is 0 Å². The van der Waals surface area contributed by atoms with E-state index in [4.69, 9.17) is 5.73 Å². The van der Waals surface area contributed by atoms with Gasteiger partial charge in [-0.1, -0.05) is 39.5 Å². The van der Waals surface area contributed by atoms with Crippen molar-refractivity contribution in [3.8, 4) is 0 Å². The van der Waals surface area contributed by atoms with Crippen LogP contribution in [-0.2, 0) is 0 Å². The number of hydrogen-bond donors (Lipinski definition) is 1. The Labute approximate surface area is 83.1 Å². The van der Waals surface area contributed by atoms with E-state index in [9.17, 15) is 0 Å².